The number of anilines is 1. The van der Waals surface area contributed by atoms with E-state index in [9.17, 15) is 4.39 Å². The number of imidazole rings is 1. The molecule has 3 unspecified atom stereocenters. The number of fused-ring (bicyclic) bond motifs is 3. The number of allylic oxidation sites excluding steroid dienone is 1. The van der Waals surface area contributed by atoms with Gasteiger partial charge >= 0.3 is 0 Å². The summed E-state index contributed by atoms with van der Waals surface area (Å²) in [4.78, 5) is 18.0. The number of piperazine rings is 1. The molecular weight excluding hydrogens is 510 g/mol. The van der Waals surface area contributed by atoms with Crippen LogP contribution in [0.4, 0.5) is 14.6 Å². The van der Waals surface area contributed by atoms with Crippen molar-refractivity contribution >= 4 is 23.4 Å². The highest BCUT2D eigenvalue weighted by atomic mass is 19.1. The SMILES string of the molecule is C=C/C(=C\N=C(N)Nc1cc(C2=Cc3c(nc(C)n3C(C)C)C(F)C2)c(F)cn1)CN1CC2CCC(C1)N2CC. The lowest BCUT2D eigenvalue weighted by molar-refractivity contribution is 0.0778. The van der Waals surface area contributed by atoms with Crippen molar-refractivity contribution in [3.8, 4) is 0 Å². The number of pyridine rings is 1. The van der Waals surface area contributed by atoms with E-state index >= 15 is 4.39 Å². The van der Waals surface area contributed by atoms with Gasteiger partial charge in [-0.25, -0.2) is 23.7 Å². The summed E-state index contributed by atoms with van der Waals surface area (Å²) in [6.45, 7) is 16.0. The Morgan fingerprint density at radius 1 is 1.30 bits per heavy atom. The Morgan fingerprint density at radius 3 is 2.67 bits per heavy atom. The topological polar surface area (TPSA) is 87.6 Å². The Morgan fingerprint density at radius 2 is 2.02 bits per heavy atom. The first-order valence-electron chi connectivity index (χ1n) is 14.2. The number of halogens is 2. The van der Waals surface area contributed by atoms with E-state index in [1.54, 1.807) is 18.3 Å². The fourth-order valence-corrected chi connectivity index (χ4v) is 6.52. The van der Waals surface area contributed by atoms with Crippen LogP contribution in [0, 0.1) is 12.7 Å². The number of aryl methyl sites for hydroxylation is 1. The Bertz CT molecular complexity index is 1340. The first-order valence-corrected chi connectivity index (χ1v) is 14.2. The number of hydrogen-bond donors (Lipinski definition) is 2. The van der Waals surface area contributed by atoms with Crippen LogP contribution in [0.3, 0.4) is 0 Å². The molecule has 3 N–H and O–H groups in total. The van der Waals surface area contributed by atoms with Crippen LogP contribution in [-0.2, 0) is 0 Å². The van der Waals surface area contributed by atoms with Crippen LogP contribution in [0.5, 0.6) is 0 Å². The maximum absolute atomic E-state index is 15.1. The van der Waals surface area contributed by atoms with E-state index < -0.39 is 12.0 Å². The largest absolute Gasteiger partial charge is 0.369 e. The number of rotatable bonds is 8. The minimum Gasteiger partial charge on any atom is -0.369 e. The molecule has 3 atom stereocenters. The number of aliphatic imine (C=N–C) groups is 1. The lowest BCUT2D eigenvalue weighted by atomic mass is 9.92. The van der Waals surface area contributed by atoms with Gasteiger partial charge in [-0.1, -0.05) is 19.6 Å². The molecule has 2 bridgehead atoms. The third-order valence-corrected chi connectivity index (χ3v) is 8.25. The smallest absolute Gasteiger partial charge is 0.198 e. The van der Waals surface area contributed by atoms with Gasteiger partial charge in [-0.15, -0.1) is 0 Å². The minimum atomic E-state index is -1.31. The first kappa shape index (κ1) is 28.2. The summed E-state index contributed by atoms with van der Waals surface area (Å²) in [6.07, 6.45) is 7.70. The fourth-order valence-electron chi connectivity index (χ4n) is 6.52. The summed E-state index contributed by atoms with van der Waals surface area (Å²) in [5.41, 5.74) is 9.04. The molecule has 0 radical (unpaired) electrons. The number of hydrogen-bond acceptors (Lipinski definition) is 5. The van der Waals surface area contributed by atoms with E-state index in [0.717, 1.165) is 43.8 Å². The van der Waals surface area contributed by atoms with Crippen molar-refractivity contribution < 1.29 is 8.78 Å². The Hall–Kier alpha value is -3.37. The molecule has 3 aliphatic rings. The monoisotopic (exact) mass is 550 g/mol. The Labute approximate surface area is 235 Å². The predicted octanol–water partition coefficient (Wildman–Crippen LogP) is 5.23. The van der Waals surface area contributed by atoms with E-state index in [4.69, 9.17) is 5.73 Å². The highest BCUT2D eigenvalue weighted by Crippen LogP contribution is 2.40. The zero-order valence-electron chi connectivity index (χ0n) is 23.9. The normalized spacial score (nSPS) is 23.9. The predicted molar refractivity (Wildman–Crippen MR) is 157 cm³/mol. The summed E-state index contributed by atoms with van der Waals surface area (Å²) in [5, 5.41) is 2.95. The van der Waals surface area contributed by atoms with Gasteiger partial charge in [-0.3, -0.25) is 9.80 Å². The molecule has 0 amide bonds. The number of likely N-dealkylation sites (tertiary alicyclic amines) is 1. The molecular formula is C30H40F2N8. The number of guanidine groups is 1. The van der Waals surface area contributed by atoms with Crippen molar-refractivity contribution in [2.24, 2.45) is 10.7 Å². The number of nitrogens with two attached hydrogens (primary N) is 1. The lowest BCUT2D eigenvalue weighted by Gasteiger charge is -2.40. The van der Waals surface area contributed by atoms with Crippen LogP contribution in [0.15, 0.2) is 41.7 Å². The molecule has 214 valence electrons. The van der Waals surface area contributed by atoms with Crippen molar-refractivity contribution in [2.45, 2.75) is 71.3 Å². The van der Waals surface area contributed by atoms with E-state index in [-0.39, 0.29) is 24.0 Å². The molecule has 8 nitrogen and oxygen atoms in total. The first-order chi connectivity index (χ1) is 19.2. The van der Waals surface area contributed by atoms with Gasteiger partial charge in [0.1, 0.15) is 29.3 Å². The molecule has 2 aromatic heterocycles. The summed E-state index contributed by atoms with van der Waals surface area (Å²) in [7, 11) is 0. The highest BCUT2D eigenvalue weighted by molar-refractivity contribution is 5.93. The second kappa shape index (κ2) is 11.6. The molecule has 2 aromatic rings. The zero-order chi connectivity index (χ0) is 28.6. The van der Waals surface area contributed by atoms with Crippen LogP contribution < -0.4 is 11.1 Å². The molecule has 0 aromatic carbocycles. The number of nitrogens with one attached hydrogen (secondary N) is 1. The van der Waals surface area contributed by atoms with E-state index in [2.05, 4.69) is 43.6 Å². The fraction of sp³-hybridized carbons (Fsp3) is 0.500. The highest BCUT2D eigenvalue weighted by Gasteiger charge is 2.38. The van der Waals surface area contributed by atoms with Gasteiger partial charge < -0.3 is 15.6 Å². The van der Waals surface area contributed by atoms with Gasteiger partial charge in [-0.05, 0) is 63.4 Å². The molecule has 2 saturated heterocycles. The molecule has 2 aliphatic heterocycles. The molecule has 4 heterocycles. The number of alkyl halides is 1. The van der Waals surface area contributed by atoms with E-state index in [1.165, 1.54) is 12.8 Å². The van der Waals surface area contributed by atoms with Crippen LogP contribution in [0.25, 0.3) is 11.6 Å². The standard InChI is InChI=1S/C30H40F2N8/c1-6-20(15-38-16-22-8-9-23(17-38)39(22)7-2)13-35-30(33)37-28-12-24(26(32)14-34-28)21-10-25(31)29-27(11-21)40(18(3)4)19(5)36-29/h6,11-14,18,22-23,25H,1,7-10,15-17H2,2-5H3,(H3,33,34,35,37)/b20-13+. The van der Waals surface area contributed by atoms with Crippen LogP contribution >= 0.6 is 0 Å². The van der Waals surface area contributed by atoms with Crippen molar-refractivity contribution in [3.63, 3.8) is 0 Å². The zero-order valence-corrected chi connectivity index (χ0v) is 23.9. The van der Waals surface area contributed by atoms with Crippen molar-refractivity contribution in [3.05, 3.63) is 65.3 Å². The quantitative estimate of drug-likeness (QED) is 0.266. The van der Waals surface area contributed by atoms with Gasteiger partial charge in [0.15, 0.2) is 5.96 Å². The molecule has 0 spiro atoms. The van der Waals surface area contributed by atoms with Crippen LogP contribution in [0.1, 0.15) is 75.0 Å². The van der Waals surface area contributed by atoms with Gasteiger partial charge in [0, 0.05) is 55.9 Å². The molecule has 40 heavy (non-hydrogen) atoms. The molecule has 1 aliphatic carbocycles. The third-order valence-electron chi connectivity index (χ3n) is 8.25. The van der Waals surface area contributed by atoms with E-state index in [0.29, 0.717) is 34.9 Å². The lowest BCUT2D eigenvalue weighted by Crippen LogP contribution is -2.53. The molecule has 2 fully saturated rings. The Kier molecular flexibility index (Phi) is 8.19. The van der Waals surface area contributed by atoms with E-state index in [1.807, 2.05) is 31.4 Å². The molecule has 10 heteroatoms. The number of aromatic nitrogens is 3. The summed E-state index contributed by atoms with van der Waals surface area (Å²) < 4.78 is 32.0. The van der Waals surface area contributed by atoms with Crippen LogP contribution in [0.2, 0.25) is 0 Å². The molecule has 5 rings (SSSR count). The summed E-state index contributed by atoms with van der Waals surface area (Å²) >= 11 is 0. The maximum Gasteiger partial charge on any atom is 0.198 e. The number of nitrogens with zero attached hydrogens (tertiary/aromatic N) is 6. The maximum atomic E-state index is 15.1. The summed E-state index contributed by atoms with van der Waals surface area (Å²) in [6, 6.07) is 2.89. The van der Waals surface area contributed by atoms with Gasteiger partial charge in [-0.2, -0.15) is 0 Å². The average Bonchev–Trinajstić information content (AvgIpc) is 3.39. The summed E-state index contributed by atoms with van der Waals surface area (Å²) in [5.74, 6) is 0.664. The molecule has 0 saturated carbocycles. The average molecular weight is 551 g/mol. The minimum absolute atomic E-state index is 0.0329. The Balaban J connectivity index is 1.31. The van der Waals surface area contributed by atoms with Gasteiger partial charge in [0.25, 0.3) is 0 Å². The van der Waals surface area contributed by atoms with Crippen molar-refractivity contribution in [2.75, 3.05) is 31.5 Å². The third kappa shape index (κ3) is 5.60. The second-order valence-electron chi connectivity index (χ2n) is 11.2. The second-order valence-corrected chi connectivity index (χ2v) is 11.2. The van der Waals surface area contributed by atoms with Gasteiger partial charge in [0.05, 0.1) is 11.9 Å². The van der Waals surface area contributed by atoms with Crippen molar-refractivity contribution in [1.82, 2.24) is 24.3 Å². The number of likely N-dealkylation sites (N-methyl/N-ethyl adjacent to an activating group) is 1. The van der Waals surface area contributed by atoms with Crippen molar-refractivity contribution in [1.29, 1.82) is 0 Å². The van der Waals surface area contributed by atoms with Crippen LogP contribution in [-0.4, -0.2) is 68.6 Å². The van der Waals surface area contributed by atoms with Gasteiger partial charge in [0.2, 0.25) is 0 Å².